The van der Waals surface area contributed by atoms with Gasteiger partial charge in [0.1, 0.15) is 17.6 Å². The summed E-state index contributed by atoms with van der Waals surface area (Å²) >= 11 is 5.76. The number of hydrogen-bond donors (Lipinski definition) is 1. The highest BCUT2D eigenvalue weighted by molar-refractivity contribution is 6.30. The molecular weight excluding hydrogens is 401 g/mol. The molecule has 0 bridgehead atoms. The summed E-state index contributed by atoms with van der Waals surface area (Å²) in [5, 5.41) is 13.3. The lowest BCUT2D eigenvalue weighted by Crippen LogP contribution is -2.22. The number of hydrogen-bond acceptors (Lipinski definition) is 2. The number of nitrogens with zero attached hydrogens (tertiary/aromatic N) is 2. The van der Waals surface area contributed by atoms with Gasteiger partial charge >= 0.3 is 0 Å². The highest BCUT2D eigenvalue weighted by Gasteiger charge is 2.13. The van der Waals surface area contributed by atoms with Gasteiger partial charge in [0.2, 0.25) is 0 Å². The zero-order valence-corrected chi connectivity index (χ0v) is 16.7. The Bertz CT molecular complexity index is 1280. The van der Waals surface area contributed by atoms with Gasteiger partial charge in [-0.3, -0.25) is 4.79 Å². The van der Waals surface area contributed by atoms with E-state index < -0.39 is 5.82 Å². The lowest BCUT2D eigenvalue weighted by atomic mass is 10.1. The molecule has 0 aliphatic rings. The molecular formula is C24H17ClFN3O. The van der Waals surface area contributed by atoms with Crippen LogP contribution in [0.15, 0.2) is 72.8 Å². The van der Waals surface area contributed by atoms with Crippen LogP contribution in [0.1, 0.15) is 27.2 Å². The van der Waals surface area contributed by atoms with Crippen molar-refractivity contribution in [3.05, 3.63) is 106 Å². The quantitative estimate of drug-likeness (QED) is 0.480. The number of carbonyl (C=O) groups excluding carboxylic acids is 1. The van der Waals surface area contributed by atoms with E-state index in [4.69, 9.17) is 11.6 Å². The van der Waals surface area contributed by atoms with E-state index in [0.29, 0.717) is 29.9 Å². The maximum absolute atomic E-state index is 13.8. The van der Waals surface area contributed by atoms with E-state index >= 15 is 0 Å². The van der Waals surface area contributed by atoms with Crippen LogP contribution in [0.4, 0.5) is 4.39 Å². The van der Waals surface area contributed by atoms with E-state index in [1.54, 1.807) is 34.9 Å². The second kappa shape index (κ2) is 8.40. The van der Waals surface area contributed by atoms with Gasteiger partial charge in [-0.25, -0.2) is 4.39 Å². The van der Waals surface area contributed by atoms with Gasteiger partial charge in [-0.15, -0.1) is 0 Å². The van der Waals surface area contributed by atoms with Gasteiger partial charge < -0.3 is 9.88 Å². The van der Waals surface area contributed by atoms with Crippen LogP contribution >= 0.6 is 11.6 Å². The summed E-state index contributed by atoms with van der Waals surface area (Å²) in [7, 11) is 0. The van der Waals surface area contributed by atoms with Crippen LogP contribution in [0.5, 0.6) is 0 Å². The molecule has 30 heavy (non-hydrogen) atoms. The molecule has 1 heterocycles. The first kappa shape index (κ1) is 19.7. The van der Waals surface area contributed by atoms with Crippen LogP contribution in [-0.2, 0) is 13.1 Å². The molecule has 4 nitrogen and oxygen atoms in total. The van der Waals surface area contributed by atoms with Crippen LogP contribution in [0.3, 0.4) is 0 Å². The molecule has 0 spiro atoms. The molecule has 6 heteroatoms. The molecule has 148 valence electrons. The van der Waals surface area contributed by atoms with Crippen LogP contribution < -0.4 is 5.32 Å². The van der Waals surface area contributed by atoms with Crippen molar-refractivity contribution in [3.8, 4) is 6.07 Å². The summed E-state index contributed by atoms with van der Waals surface area (Å²) in [5.74, 6) is -0.687. The second-order valence-corrected chi connectivity index (χ2v) is 7.33. The maximum atomic E-state index is 13.8. The van der Waals surface area contributed by atoms with Crippen molar-refractivity contribution in [2.45, 2.75) is 13.1 Å². The van der Waals surface area contributed by atoms with E-state index in [1.807, 2.05) is 30.3 Å². The molecule has 4 aromatic rings. The molecule has 0 aliphatic carbocycles. The van der Waals surface area contributed by atoms with Crippen molar-refractivity contribution >= 4 is 28.4 Å². The summed E-state index contributed by atoms with van der Waals surface area (Å²) in [4.78, 5) is 12.5. The topological polar surface area (TPSA) is 57.8 Å². The number of aromatic nitrogens is 1. The van der Waals surface area contributed by atoms with Crippen molar-refractivity contribution in [3.63, 3.8) is 0 Å². The first-order valence-electron chi connectivity index (χ1n) is 9.34. The zero-order chi connectivity index (χ0) is 21.1. The number of benzene rings is 3. The van der Waals surface area contributed by atoms with Gasteiger partial charge in [-0.2, -0.15) is 5.26 Å². The Kier molecular flexibility index (Phi) is 5.51. The average Bonchev–Trinajstić information content (AvgIpc) is 3.12. The summed E-state index contributed by atoms with van der Waals surface area (Å²) in [5.41, 5.74) is 3.44. The zero-order valence-electron chi connectivity index (χ0n) is 15.9. The number of fused-ring (bicyclic) bond motifs is 1. The lowest BCUT2D eigenvalue weighted by molar-refractivity contribution is 0.0951. The van der Waals surface area contributed by atoms with Crippen LogP contribution in [-0.4, -0.2) is 10.5 Å². The number of carbonyl (C=O) groups is 1. The van der Waals surface area contributed by atoms with Crippen molar-refractivity contribution in [1.29, 1.82) is 5.26 Å². The Balaban J connectivity index is 1.60. The van der Waals surface area contributed by atoms with Gasteiger partial charge in [0.05, 0.1) is 5.02 Å². The molecule has 1 aromatic heterocycles. The molecule has 4 rings (SSSR count). The van der Waals surface area contributed by atoms with Gasteiger partial charge in [-0.05, 0) is 47.5 Å². The van der Waals surface area contributed by atoms with Gasteiger partial charge in [0.15, 0.2) is 0 Å². The molecule has 0 saturated carbocycles. The predicted molar refractivity (Wildman–Crippen MR) is 115 cm³/mol. The summed E-state index contributed by atoms with van der Waals surface area (Å²) in [6, 6.07) is 23.4. The molecule has 0 atom stereocenters. The highest BCUT2D eigenvalue weighted by atomic mass is 35.5. The van der Waals surface area contributed by atoms with Gasteiger partial charge in [0, 0.05) is 29.6 Å². The lowest BCUT2D eigenvalue weighted by Gasteiger charge is -2.09. The highest BCUT2D eigenvalue weighted by Crippen LogP contribution is 2.24. The average molecular weight is 418 g/mol. The van der Waals surface area contributed by atoms with Crippen molar-refractivity contribution in [2.24, 2.45) is 0 Å². The largest absolute Gasteiger partial charge is 0.348 e. The minimum Gasteiger partial charge on any atom is -0.348 e. The fraction of sp³-hybridized carbons (Fsp3) is 0.0833. The van der Waals surface area contributed by atoms with E-state index in [0.717, 1.165) is 16.5 Å². The summed E-state index contributed by atoms with van der Waals surface area (Å²) in [6.45, 7) is 0.754. The number of rotatable bonds is 5. The first-order chi connectivity index (χ1) is 14.5. The van der Waals surface area contributed by atoms with Crippen LogP contribution in [0.2, 0.25) is 5.02 Å². The Morgan fingerprint density at radius 3 is 2.57 bits per heavy atom. The minimum absolute atomic E-state index is 0.0581. The fourth-order valence-corrected chi connectivity index (χ4v) is 3.49. The monoisotopic (exact) mass is 417 g/mol. The smallest absolute Gasteiger partial charge is 0.251 e. The number of amides is 1. The minimum atomic E-state index is -0.499. The van der Waals surface area contributed by atoms with Gasteiger partial charge in [-0.1, -0.05) is 48.0 Å². The molecule has 3 aromatic carbocycles. The van der Waals surface area contributed by atoms with Crippen molar-refractivity contribution in [2.75, 3.05) is 0 Å². The second-order valence-electron chi connectivity index (χ2n) is 6.92. The van der Waals surface area contributed by atoms with Crippen LogP contribution in [0, 0.1) is 17.1 Å². The Labute approximate surface area is 178 Å². The van der Waals surface area contributed by atoms with Crippen molar-refractivity contribution in [1.82, 2.24) is 9.88 Å². The molecule has 0 fully saturated rings. The third-order valence-corrected chi connectivity index (χ3v) is 5.21. The normalized spacial score (nSPS) is 10.7. The Morgan fingerprint density at radius 1 is 1.03 bits per heavy atom. The molecule has 0 radical (unpaired) electrons. The van der Waals surface area contributed by atoms with Crippen molar-refractivity contribution < 1.29 is 9.18 Å². The molecule has 0 saturated heterocycles. The Hall–Kier alpha value is -3.62. The first-order valence-corrected chi connectivity index (χ1v) is 9.72. The molecule has 0 aliphatic heterocycles. The summed E-state index contributed by atoms with van der Waals surface area (Å²) < 4.78 is 15.6. The number of nitrogens with one attached hydrogen (secondary N) is 1. The third kappa shape index (κ3) is 4.05. The fourth-order valence-electron chi connectivity index (χ4n) is 3.38. The maximum Gasteiger partial charge on any atom is 0.251 e. The van der Waals surface area contributed by atoms with Gasteiger partial charge in [0.25, 0.3) is 5.91 Å². The molecule has 0 unspecified atom stereocenters. The predicted octanol–water partition coefficient (Wildman–Crippen LogP) is 5.28. The van der Waals surface area contributed by atoms with Crippen LogP contribution in [0.25, 0.3) is 10.9 Å². The molecule has 1 N–H and O–H groups in total. The van der Waals surface area contributed by atoms with E-state index in [1.165, 1.54) is 12.1 Å². The van der Waals surface area contributed by atoms with E-state index in [-0.39, 0.29) is 10.9 Å². The van der Waals surface area contributed by atoms with E-state index in [9.17, 15) is 14.4 Å². The molecule has 1 amide bonds. The number of halogens is 2. The SMILES string of the molecule is N#Cc1cc2cc(C(=O)NCc3ccccc3)ccc2n1Cc1ccc(Cl)c(F)c1. The van der Waals surface area contributed by atoms with E-state index in [2.05, 4.69) is 11.4 Å². The summed E-state index contributed by atoms with van der Waals surface area (Å²) in [6.07, 6.45) is 0. The number of nitriles is 1. The third-order valence-electron chi connectivity index (χ3n) is 4.90. The Morgan fingerprint density at radius 2 is 1.83 bits per heavy atom. The standard InChI is InChI=1S/C24H17ClFN3O/c25-21-8-6-17(10-22(21)26)15-29-20(13-27)12-19-11-18(7-9-23(19)29)24(30)28-14-16-4-2-1-3-5-16/h1-12H,14-15H2,(H,28,30).